The Bertz CT molecular complexity index is 2600. The largest absolute Gasteiger partial charge is 0.221 e. The van der Waals surface area contributed by atoms with Crippen molar-refractivity contribution in [3.63, 3.8) is 0 Å². The van der Waals surface area contributed by atoms with Crippen molar-refractivity contribution < 1.29 is 17.9 Å². The van der Waals surface area contributed by atoms with Crippen molar-refractivity contribution in [2.45, 2.75) is 129 Å². The predicted molar refractivity (Wildman–Crippen MR) is 222 cm³/mol. The molecular formula is C51H56F2N2+2. The molecule has 6 aromatic rings. The van der Waals surface area contributed by atoms with Crippen LogP contribution in [-0.2, 0) is 41.7 Å². The number of nitrogens with zero attached hydrogens (tertiary/aromatic N) is 2. The quantitative estimate of drug-likeness (QED) is 0.131. The van der Waals surface area contributed by atoms with E-state index in [9.17, 15) is 0 Å². The molecule has 0 fully saturated rings. The van der Waals surface area contributed by atoms with E-state index in [1.165, 1.54) is 55.1 Å². The van der Waals surface area contributed by atoms with E-state index in [-0.39, 0.29) is 22.6 Å². The molecule has 0 saturated heterocycles. The van der Waals surface area contributed by atoms with Crippen LogP contribution in [0.2, 0.25) is 0 Å². The summed E-state index contributed by atoms with van der Waals surface area (Å²) in [5.41, 5.74) is 10.9. The lowest BCUT2D eigenvalue weighted by Gasteiger charge is -2.50. The van der Waals surface area contributed by atoms with Gasteiger partial charge in [0.2, 0.25) is 11.4 Å². The molecule has 0 radical (unpaired) electrons. The molecule has 2 aromatic heterocycles. The number of aryl methyl sites for hydroxylation is 3. The van der Waals surface area contributed by atoms with Crippen LogP contribution in [0.25, 0.3) is 44.1 Å². The molecule has 0 N–H and O–H groups in total. The van der Waals surface area contributed by atoms with Gasteiger partial charge in [-0.1, -0.05) is 97.4 Å². The van der Waals surface area contributed by atoms with Crippen LogP contribution in [0.5, 0.6) is 0 Å². The zero-order valence-corrected chi connectivity index (χ0v) is 34.3. The zero-order chi connectivity index (χ0) is 38.8. The average Bonchev–Trinajstić information content (AvgIpc) is 3.16. The summed E-state index contributed by atoms with van der Waals surface area (Å²) in [5, 5.41) is 4.98. The van der Waals surface area contributed by atoms with Gasteiger partial charge in [0.05, 0.1) is 27.3 Å². The van der Waals surface area contributed by atoms with Crippen LogP contribution < -0.4 is 9.13 Å². The van der Waals surface area contributed by atoms with Crippen molar-refractivity contribution in [3.8, 4) is 22.5 Å². The molecule has 55 heavy (non-hydrogen) atoms. The molecule has 3 heterocycles. The van der Waals surface area contributed by atoms with Gasteiger partial charge in [0, 0.05) is 46.9 Å². The van der Waals surface area contributed by atoms with Gasteiger partial charge in [0.1, 0.15) is 18.7 Å². The van der Waals surface area contributed by atoms with Crippen LogP contribution in [-0.4, -0.2) is 0 Å². The molecule has 0 amide bonds. The van der Waals surface area contributed by atoms with Gasteiger partial charge in [-0.25, -0.2) is 13.3 Å². The van der Waals surface area contributed by atoms with Crippen LogP contribution >= 0.6 is 0 Å². The minimum atomic E-state index is -0.479. The van der Waals surface area contributed by atoms with Gasteiger partial charge >= 0.3 is 0 Å². The number of aromatic nitrogens is 2. The number of rotatable bonds is 9. The molecule has 3 aliphatic rings. The second kappa shape index (κ2) is 12.3. The van der Waals surface area contributed by atoms with Crippen LogP contribution in [0.3, 0.4) is 0 Å². The Balaban J connectivity index is 1.22. The molecule has 2 atom stereocenters. The minimum absolute atomic E-state index is 0.104. The summed E-state index contributed by atoms with van der Waals surface area (Å²) in [7, 11) is 2.10. The van der Waals surface area contributed by atoms with Gasteiger partial charge in [-0.3, -0.25) is 0 Å². The van der Waals surface area contributed by atoms with Crippen LogP contribution in [0, 0.1) is 11.6 Å². The second-order valence-corrected chi connectivity index (χ2v) is 18.3. The van der Waals surface area contributed by atoms with E-state index in [2.05, 4.69) is 139 Å². The van der Waals surface area contributed by atoms with E-state index < -0.39 is 10.8 Å². The highest BCUT2D eigenvalue weighted by Gasteiger charge is 2.61. The first-order chi connectivity index (χ1) is 26.3. The van der Waals surface area contributed by atoms with E-state index in [0.29, 0.717) is 0 Å². The smallest absolute Gasteiger partial charge is 0.207 e. The summed E-state index contributed by atoms with van der Waals surface area (Å²) in [4.78, 5) is 0. The third-order valence-electron chi connectivity index (χ3n) is 15.0. The maximum atomic E-state index is 16.5. The monoisotopic (exact) mass is 734 g/mol. The Hall–Kier alpha value is -4.44. The van der Waals surface area contributed by atoms with E-state index in [1.54, 1.807) is 12.1 Å². The van der Waals surface area contributed by atoms with E-state index in [0.717, 1.165) is 79.3 Å². The molecule has 0 saturated carbocycles. The lowest BCUT2D eigenvalue weighted by Crippen LogP contribution is -2.69. The van der Waals surface area contributed by atoms with Gasteiger partial charge in [0.25, 0.3) is 0 Å². The molecule has 282 valence electrons. The number of halogens is 2. The highest BCUT2D eigenvalue weighted by molar-refractivity contribution is 6.02. The Kier molecular flexibility index (Phi) is 8.08. The SMILES string of the molecule is CCCCc1cc2c3c4[n+](ccc3c1)C(CC)(CCCc1ccc(F)c3c1-c1c5c(cccc5cc[n+]1C)C3(C)C)C(C)(CC)c1ccc(F)c(c1-4)C2(C)C. The third kappa shape index (κ3) is 4.63. The molecule has 4 aromatic carbocycles. The van der Waals surface area contributed by atoms with Crippen LogP contribution in [0.15, 0.2) is 79.1 Å². The summed E-state index contributed by atoms with van der Waals surface area (Å²) >= 11 is 0. The Labute approximate surface area is 326 Å². The molecule has 4 heteroatoms. The van der Waals surface area contributed by atoms with Crippen LogP contribution in [0.4, 0.5) is 8.78 Å². The molecule has 2 unspecified atom stereocenters. The number of fused-ring (bicyclic) bond motifs is 2. The second-order valence-electron chi connectivity index (χ2n) is 18.3. The van der Waals surface area contributed by atoms with Gasteiger partial charge in [-0.15, -0.1) is 0 Å². The van der Waals surface area contributed by atoms with Gasteiger partial charge in [-0.05, 0) is 89.8 Å². The van der Waals surface area contributed by atoms with Gasteiger partial charge in [-0.2, -0.15) is 4.57 Å². The van der Waals surface area contributed by atoms with Crippen molar-refractivity contribution in [2.75, 3.05) is 0 Å². The number of hydrogen-bond donors (Lipinski definition) is 0. The van der Waals surface area contributed by atoms with Crippen molar-refractivity contribution in [1.29, 1.82) is 0 Å². The van der Waals surface area contributed by atoms with E-state index >= 15 is 8.78 Å². The van der Waals surface area contributed by atoms with E-state index in [1.807, 2.05) is 0 Å². The lowest BCUT2D eigenvalue weighted by molar-refractivity contribution is -0.769. The summed E-state index contributed by atoms with van der Waals surface area (Å²) in [6, 6.07) is 23.4. The average molecular weight is 735 g/mol. The highest BCUT2D eigenvalue weighted by Crippen LogP contribution is 2.59. The molecule has 1 aliphatic heterocycles. The van der Waals surface area contributed by atoms with Crippen LogP contribution in [0.1, 0.15) is 133 Å². The number of unbranched alkanes of at least 4 members (excludes halogenated alkanes) is 1. The fourth-order valence-corrected chi connectivity index (χ4v) is 11.9. The summed E-state index contributed by atoms with van der Waals surface area (Å²) in [5.74, 6) is -0.235. The Morgan fingerprint density at radius 2 is 1.31 bits per heavy atom. The van der Waals surface area contributed by atoms with Gasteiger partial charge in [0.15, 0.2) is 17.9 Å². The minimum Gasteiger partial charge on any atom is -0.207 e. The fourth-order valence-electron chi connectivity index (χ4n) is 11.9. The first-order valence-corrected chi connectivity index (χ1v) is 20.9. The maximum absolute atomic E-state index is 16.5. The first-order valence-electron chi connectivity index (χ1n) is 20.9. The van der Waals surface area contributed by atoms with Crippen molar-refractivity contribution in [3.05, 3.63) is 130 Å². The summed E-state index contributed by atoms with van der Waals surface area (Å²) in [6.07, 6.45) is 12.4. The van der Waals surface area contributed by atoms with Crippen molar-refractivity contribution >= 4 is 21.5 Å². The molecule has 2 aliphatic carbocycles. The number of hydrogen-bond acceptors (Lipinski definition) is 0. The lowest BCUT2D eigenvalue weighted by atomic mass is 9.55. The third-order valence-corrected chi connectivity index (χ3v) is 15.0. The molecule has 0 bridgehead atoms. The number of pyridine rings is 2. The predicted octanol–water partition coefficient (Wildman–Crippen LogP) is 12.1. The maximum Gasteiger partial charge on any atom is 0.221 e. The van der Waals surface area contributed by atoms with Gasteiger partial charge < -0.3 is 0 Å². The molecule has 9 rings (SSSR count). The fraction of sp³-hybridized carbons (Fsp3) is 0.412. The topological polar surface area (TPSA) is 7.76 Å². The summed E-state index contributed by atoms with van der Waals surface area (Å²) < 4.78 is 37.5. The first kappa shape index (κ1) is 36.2. The van der Waals surface area contributed by atoms with Crippen molar-refractivity contribution in [1.82, 2.24) is 0 Å². The van der Waals surface area contributed by atoms with E-state index in [4.69, 9.17) is 0 Å². The Morgan fingerprint density at radius 3 is 2.04 bits per heavy atom. The molecular weight excluding hydrogens is 679 g/mol. The highest BCUT2D eigenvalue weighted by atomic mass is 19.1. The zero-order valence-electron chi connectivity index (χ0n) is 34.3. The number of benzene rings is 4. The normalized spacial score (nSPS) is 20.9. The molecule has 2 nitrogen and oxygen atoms in total. The molecule has 0 spiro atoms. The standard InChI is InChI=1S/C51H56F2N2/c1-10-13-16-31-29-34-25-28-55-47-41(34)37(30-31)49(6,7)45-39(53)23-21-36(43(45)47)50(8,11-2)51(55,12-3)26-15-18-32-20-22-38(52)44-42(32)46-40-33(24-27-54(46)9)17-14-19-35(40)48(44,4)5/h14,17,19-25,27-30H,10-13,15-16,18,26H2,1-9H3/q+2. The summed E-state index contributed by atoms with van der Waals surface area (Å²) in [6.45, 7) is 18.2. The Morgan fingerprint density at radius 1 is 0.618 bits per heavy atom. The van der Waals surface area contributed by atoms with Crippen molar-refractivity contribution in [2.24, 2.45) is 7.05 Å².